The molecule has 0 amide bonds. The van der Waals surface area contributed by atoms with E-state index in [-0.39, 0.29) is 11.6 Å². The minimum atomic E-state index is -0.337. The molecule has 3 rings (SSSR count). The molecule has 0 saturated carbocycles. The minimum absolute atomic E-state index is 0.164. The van der Waals surface area contributed by atoms with Crippen LogP contribution in [0.1, 0.15) is 24.4 Å². The van der Waals surface area contributed by atoms with E-state index >= 15 is 0 Å². The van der Waals surface area contributed by atoms with Gasteiger partial charge in [-0.2, -0.15) is 0 Å². The number of pyridine rings is 1. The van der Waals surface area contributed by atoms with Gasteiger partial charge in [0.2, 0.25) is 0 Å². The topological polar surface area (TPSA) is 57.4 Å². The van der Waals surface area contributed by atoms with E-state index in [0.717, 1.165) is 29.2 Å². The first kappa shape index (κ1) is 13.5. The van der Waals surface area contributed by atoms with Crippen molar-refractivity contribution in [2.24, 2.45) is 5.73 Å². The van der Waals surface area contributed by atoms with Crippen LogP contribution in [0.4, 0.5) is 0 Å². The molecular weight excluding hydrogens is 252 g/mol. The fourth-order valence-corrected chi connectivity index (χ4v) is 3.06. The number of aromatic nitrogens is 1. The van der Waals surface area contributed by atoms with Crippen molar-refractivity contribution in [2.75, 3.05) is 20.3 Å². The largest absolute Gasteiger partial charge is 0.381 e. The van der Waals surface area contributed by atoms with Crippen LogP contribution in [0.5, 0.6) is 0 Å². The summed E-state index contributed by atoms with van der Waals surface area (Å²) in [6.07, 6.45) is 5.33. The zero-order valence-corrected chi connectivity index (χ0v) is 11.7. The zero-order chi connectivity index (χ0) is 14.0. The summed E-state index contributed by atoms with van der Waals surface area (Å²) < 4.78 is 11.3. The van der Waals surface area contributed by atoms with Gasteiger partial charge in [-0.05, 0) is 17.0 Å². The highest BCUT2D eigenvalue weighted by atomic mass is 16.5. The van der Waals surface area contributed by atoms with Crippen LogP contribution < -0.4 is 5.73 Å². The summed E-state index contributed by atoms with van der Waals surface area (Å²) in [6, 6.07) is 8.03. The van der Waals surface area contributed by atoms with Crippen molar-refractivity contribution in [1.82, 2.24) is 4.98 Å². The van der Waals surface area contributed by atoms with E-state index in [2.05, 4.69) is 17.1 Å². The lowest BCUT2D eigenvalue weighted by molar-refractivity contribution is -0.104. The minimum Gasteiger partial charge on any atom is -0.381 e. The van der Waals surface area contributed by atoms with Gasteiger partial charge >= 0.3 is 0 Å². The van der Waals surface area contributed by atoms with Gasteiger partial charge < -0.3 is 15.2 Å². The number of fused-ring (bicyclic) bond motifs is 1. The van der Waals surface area contributed by atoms with Crippen molar-refractivity contribution >= 4 is 10.8 Å². The predicted octanol–water partition coefficient (Wildman–Crippen LogP) is 2.43. The van der Waals surface area contributed by atoms with E-state index in [4.69, 9.17) is 15.2 Å². The number of rotatable bonds is 3. The van der Waals surface area contributed by atoms with Crippen LogP contribution in [0.15, 0.2) is 36.7 Å². The van der Waals surface area contributed by atoms with E-state index in [0.29, 0.717) is 13.2 Å². The van der Waals surface area contributed by atoms with Crippen molar-refractivity contribution in [1.29, 1.82) is 0 Å². The maximum Gasteiger partial charge on any atom is 0.0914 e. The Morgan fingerprint density at radius 2 is 2.10 bits per heavy atom. The second-order valence-electron chi connectivity index (χ2n) is 5.30. The lowest BCUT2D eigenvalue weighted by Crippen LogP contribution is -2.47. The van der Waals surface area contributed by atoms with Crippen molar-refractivity contribution in [3.8, 4) is 0 Å². The molecule has 20 heavy (non-hydrogen) atoms. The normalized spacial score (nSPS) is 19.9. The second kappa shape index (κ2) is 5.48. The lowest BCUT2D eigenvalue weighted by Gasteiger charge is -2.41. The van der Waals surface area contributed by atoms with Crippen LogP contribution >= 0.6 is 0 Å². The fourth-order valence-electron chi connectivity index (χ4n) is 3.06. The average Bonchev–Trinajstić information content (AvgIpc) is 2.54. The number of benzene rings is 1. The highest BCUT2D eigenvalue weighted by Crippen LogP contribution is 2.37. The number of nitrogens with zero attached hydrogens (tertiary/aromatic N) is 1. The Balaban J connectivity index is 2.05. The molecule has 2 heterocycles. The van der Waals surface area contributed by atoms with Crippen LogP contribution in [-0.4, -0.2) is 30.9 Å². The third kappa shape index (κ3) is 2.20. The smallest absolute Gasteiger partial charge is 0.0914 e. The van der Waals surface area contributed by atoms with Crippen molar-refractivity contribution in [2.45, 2.75) is 24.5 Å². The summed E-state index contributed by atoms with van der Waals surface area (Å²) in [5.74, 6) is 0. The zero-order valence-electron chi connectivity index (χ0n) is 11.7. The Labute approximate surface area is 118 Å². The van der Waals surface area contributed by atoms with Crippen LogP contribution in [0.2, 0.25) is 0 Å². The molecule has 4 heteroatoms. The summed E-state index contributed by atoms with van der Waals surface area (Å²) in [6.45, 7) is 1.40. The summed E-state index contributed by atoms with van der Waals surface area (Å²) in [4.78, 5) is 4.17. The highest BCUT2D eigenvalue weighted by Gasteiger charge is 2.39. The Morgan fingerprint density at radius 1 is 1.30 bits per heavy atom. The molecule has 106 valence electrons. The molecular formula is C16H20N2O2. The summed E-state index contributed by atoms with van der Waals surface area (Å²) in [5, 5.41) is 2.26. The van der Waals surface area contributed by atoms with Gasteiger partial charge in [0.15, 0.2) is 0 Å². The second-order valence-corrected chi connectivity index (χ2v) is 5.30. The molecule has 1 aliphatic heterocycles. The Morgan fingerprint density at radius 3 is 2.85 bits per heavy atom. The Kier molecular flexibility index (Phi) is 3.70. The molecule has 0 radical (unpaired) electrons. The number of hydrogen-bond donors (Lipinski definition) is 1. The number of methoxy groups -OCH3 is 1. The standard InChI is InChI=1S/C16H20N2O2/c1-19-16(6-9-20-10-7-16)15(17)14-4-2-3-12-11-18-8-5-13(12)14/h2-5,8,11,15H,6-7,9-10,17H2,1H3. The average molecular weight is 272 g/mol. The molecule has 0 bridgehead atoms. The van der Waals surface area contributed by atoms with Crippen molar-refractivity contribution < 1.29 is 9.47 Å². The first-order valence-corrected chi connectivity index (χ1v) is 6.98. The maximum absolute atomic E-state index is 6.58. The molecule has 1 aromatic carbocycles. The molecule has 1 fully saturated rings. The van der Waals surface area contributed by atoms with Crippen molar-refractivity contribution in [3.63, 3.8) is 0 Å². The van der Waals surface area contributed by atoms with Crippen LogP contribution in [0.3, 0.4) is 0 Å². The van der Waals surface area contributed by atoms with E-state index in [1.165, 1.54) is 0 Å². The van der Waals surface area contributed by atoms with Crippen LogP contribution in [0, 0.1) is 0 Å². The number of ether oxygens (including phenoxy) is 2. The monoisotopic (exact) mass is 272 g/mol. The quantitative estimate of drug-likeness (QED) is 0.932. The number of hydrogen-bond acceptors (Lipinski definition) is 4. The van der Waals surface area contributed by atoms with E-state index in [1.807, 2.05) is 24.5 Å². The van der Waals surface area contributed by atoms with Gasteiger partial charge in [-0.3, -0.25) is 4.98 Å². The molecule has 1 atom stereocenters. The molecule has 2 N–H and O–H groups in total. The Bertz CT molecular complexity index is 589. The molecule has 2 aromatic rings. The van der Waals surface area contributed by atoms with E-state index in [1.54, 1.807) is 7.11 Å². The predicted molar refractivity (Wildman–Crippen MR) is 78.5 cm³/mol. The van der Waals surface area contributed by atoms with E-state index < -0.39 is 0 Å². The molecule has 1 aromatic heterocycles. The van der Waals surface area contributed by atoms with Gasteiger partial charge in [-0.15, -0.1) is 0 Å². The first-order chi connectivity index (χ1) is 9.77. The Hall–Kier alpha value is -1.49. The van der Waals surface area contributed by atoms with Crippen LogP contribution in [-0.2, 0) is 9.47 Å². The molecule has 1 unspecified atom stereocenters. The third-order valence-corrected chi connectivity index (χ3v) is 4.36. The number of nitrogens with two attached hydrogens (primary N) is 1. The summed E-state index contributed by atoms with van der Waals surface area (Å²) in [5.41, 5.74) is 7.36. The lowest BCUT2D eigenvalue weighted by atomic mass is 9.81. The molecule has 0 aliphatic carbocycles. The van der Waals surface area contributed by atoms with Gasteiger partial charge in [0.1, 0.15) is 0 Å². The summed E-state index contributed by atoms with van der Waals surface area (Å²) >= 11 is 0. The molecule has 4 nitrogen and oxygen atoms in total. The highest BCUT2D eigenvalue weighted by molar-refractivity contribution is 5.85. The van der Waals surface area contributed by atoms with Gasteiger partial charge in [0, 0.05) is 50.9 Å². The SMILES string of the molecule is COC1(C(N)c2cccc3cnccc23)CCOCC1. The first-order valence-electron chi connectivity index (χ1n) is 6.98. The molecule has 1 saturated heterocycles. The third-order valence-electron chi connectivity index (χ3n) is 4.36. The van der Waals surface area contributed by atoms with E-state index in [9.17, 15) is 0 Å². The maximum atomic E-state index is 6.58. The van der Waals surface area contributed by atoms with Gasteiger partial charge in [0.05, 0.1) is 11.6 Å². The van der Waals surface area contributed by atoms with Gasteiger partial charge in [0.25, 0.3) is 0 Å². The summed E-state index contributed by atoms with van der Waals surface area (Å²) in [7, 11) is 1.75. The van der Waals surface area contributed by atoms with Gasteiger partial charge in [-0.1, -0.05) is 18.2 Å². The molecule has 1 aliphatic rings. The van der Waals surface area contributed by atoms with Crippen LogP contribution in [0.25, 0.3) is 10.8 Å². The van der Waals surface area contributed by atoms with Gasteiger partial charge in [-0.25, -0.2) is 0 Å². The molecule has 0 spiro atoms. The fraction of sp³-hybridized carbons (Fsp3) is 0.438. The van der Waals surface area contributed by atoms with Crippen molar-refractivity contribution in [3.05, 3.63) is 42.2 Å².